The van der Waals surface area contributed by atoms with Crippen LogP contribution in [0.4, 0.5) is 0 Å². The summed E-state index contributed by atoms with van der Waals surface area (Å²) in [5.41, 5.74) is 1.98. The molecular weight excluding hydrogens is 240 g/mol. The third kappa shape index (κ3) is 3.33. The van der Waals surface area contributed by atoms with Crippen LogP contribution in [0.5, 0.6) is 0 Å². The van der Waals surface area contributed by atoms with Gasteiger partial charge in [-0.25, -0.2) is 0 Å². The normalized spacial score (nSPS) is 22.4. The lowest BCUT2D eigenvalue weighted by atomic mass is 9.88. The predicted molar refractivity (Wildman–Crippen MR) is 74.6 cm³/mol. The zero-order valence-corrected chi connectivity index (χ0v) is 11.7. The Balaban J connectivity index is 1.97. The first kappa shape index (κ1) is 14.0. The summed E-state index contributed by atoms with van der Waals surface area (Å²) < 4.78 is 5.17. The van der Waals surface area contributed by atoms with Crippen molar-refractivity contribution >= 4 is 5.91 Å². The van der Waals surface area contributed by atoms with E-state index >= 15 is 0 Å². The highest BCUT2D eigenvalue weighted by atomic mass is 16.5. The minimum Gasteiger partial charge on any atom is -0.380 e. The highest BCUT2D eigenvalue weighted by molar-refractivity contribution is 5.82. The van der Waals surface area contributed by atoms with Crippen LogP contribution < -0.4 is 10.6 Å². The Labute approximate surface area is 114 Å². The van der Waals surface area contributed by atoms with Crippen LogP contribution in [0.15, 0.2) is 24.3 Å². The molecule has 1 unspecified atom stereocenters. The molecule has 0 aliphatic carbocycles. The molecule has 0 bridgehead atoms. The molecule has 2 N–H and O–H groups in total. The molecule has 1 aliphatic rings. The first-order valence-electron chi connectivity index (χ1n) is 6.70. The Morgan fingerprint density at radius 3 is 2.79 bits per heavy atom. The molecule has 0 saturated carbocycles. The zero-order valence-electron chi connectivity index (χ0n) is 11.7. The highest BCUT2D eigenvalue weighted by Gasteiger charge is 2.35. The minimum atomic E-state index is -0.268. The molecular formula is C15H22N2O2. The second kappa shape index (κ2) is 6.17. The second-order valence-electron chi connectivity index (χ2n) is 5.37. The number of carbonyl (C=O) groups is 1. The molecule has 1 aromatic carbocycles. The molecule has 1 fully saturated rings. The topological polar surface area (TPSA) is 50.4 Å². The van der Waals surface area contributed by atoms with E-state index in [-0.39, 0.29) is 11.3 Å². The van der Waals surface area contributed by atoms with E-state index < -0.39 is 0 Å². The van der Waals surface area contributed by atoms with E-state index in [4.69, 9.17) is 4.74 Å². The lowest BCUT2D eigenvalue weighted by Crippen LogP contribution is -2.40. The zero-order chi connectivity index (χ0) is 13.7. The van der Waals surface area contributed by atoms with Gasteiger partial charge in [0, 0.05) is 20.2 Å². The average Bonchev–Trinajstić information content (AvgIpc) is 2.86. The Bertz CT molecular complexity index is 440. The van der Waals surface area contributed by atoms with Crippen molar-refractivity contribution in [1.82, 2.24) is 10.6 Å². The fourth-order valence-electron chi connectivity index (χ4n) is 2.43. The van der Waals surface area contributed by atoms with E-state index in [0.29, 0.717) is 13.2 Å². The molecule has 0 radical (unpaired) electrons. The predicted octanol–water partition coefficient (Wildman–Crippen LogP) is 1.45. The molecule has 1 aromatic rings. The molecule has 1 amide bonds. The summed E-state index contributed by atoms with van der Waals surface area (Å²) >= 11 is 0. The van der Waals surface area contributed by atoms with Gasteiger partial charge < -0.3 is 15.4 Å². The molecule has 0 spiro atoms. The summed E-state index contributed by atoms with van der Waals surface area (Å²) in [5, 5.41) is 6.29. The molecule has 1 heterocycles. The van der Waals surface area contributed by atoms with Gasteiger partial charge in [0.05, 0.1) is 12.0 Å². The first-order chi connectivity index (χ1) is 9.15. The lowest BCUT2D eigenvalue weighted by Gasteiger charge is -2.22. The number of methoxy groups -OCH3 is 1. The van der Waals surface area contributed by atoms with Gasteiger partial charge in [-0.05, 0) is 31.0 Å². The van der Waals surface area contributed by atoms with E-state index in [2.05, 4.69) is 10.6 Å². The van der Waals surface area contributed by atoms with Crippen LogP contribution in [0.1, 0.15) is 24.5 Å². The summed E-state index contributed by atoms with van der Waals surface area (Å²) in [6.45, 7) is 4.84. The quantitative estimate of drug-likeness (QED) is 0.844. The number of nitrogens with one attached hydrogen (secondary N) is 2. The molecule has 4 heteroatoms. The maximum absolute atomic E-state index is 12.2. The number of hydrogen-bond donors (Lipinski definition) is 2. The molecule has 1 atom stereocenters. The van der Waals surface area contributed by atoms with Crippen molar-refractivity contribution in [1.29, 1.82) is 0 Å². The third-order valence-corrected chi connectivity index (χ3v) is 3.77. The second-order valence-corrected chi connectivity index (χ2v) is 5.37. The number of carbonyl (C=O) groups excluding carboxylic acids is 1. The summed E-state index contributed by atoms with van der Waals surface area (Å²) in [6, 6.07) is 8.04. The van der Waals surface area contributed by atoms with E-state index in [9.17, 15) is 4.79 Å². The van der Waals surface area contributed by atoms with Crippen molar-refractivity contribution in [2.75, 3.05) is 20.2 Å². The number of rotatable bonds is 5. The van der Waals surface area contributed by atoms with Crippen LogP contribution in [0, 0.1) is 5.41 Å². The summed E-state index contributed by atoms with van der Waals surface area (Å²) in [7, 11) is 1.68. The van der Waals surface area contributed by atoms with Crippen LogP contribution in [-0.4, -0.2) is 26.1 Å². The molecule has 1 saturated heterocycles. The van der Waals surface area contributed by atoms with Crippen molar-refractivity contribution in [3.05, 3.63) is 35.4 Å². The molecule has 19 heavy (non-hydrogen) atoms. The van der Waals surface area contributed by atoms with Gasteiger partial charge in [0.15, 0.2) is 0 Å². The van der Waals surface area contributed by atoms with Gasteiger partial charge in [-0.1, -0.05) is 24.3 Å². The number of benzene rings is 1. The number of amides is 1. The van der Waals surface area contributed by atoms with Gasteiger partial charge in [0.25, 0.3) is 0 Å². The lowest BCUT2D eigenvalue weighted by molar-refractivity contribution is -0.129. The van der Waals surface area contributed by atoms with Gasteiger partial charge in [-0.3, -0.25) is 4.79 Å². The Kier molecular flexibility index (Phi) is 4.56. The van der Waals surface area contributed by atoms with Crippen LogP contribution in [-0.2, 0) is 22.7 Å². The Hall–Kier alpha value is -1.39. The molecule has 104 valence electrons. The van der Waals surface area contributed by atoms with E-state index in [1.54, 1.807) is 7.11 Å². The monoisotopic (exact) mass is 262 g/mol. The van der Waals surface area contributed by atoms with Crippen molar-refractivity contribution in [2.24, 2.45) is 5.41 Å². The van der Waals surface area contributed by atoms with E-state index in [1.165, 1.54) is 0 Å². The van der Waals surface area contributed by atoms with Crippen LogP contribution in [0.2, 0.25) is 0 Å². The van der Waals surface area contributed by atoms with Crippen molar-refractivity contribution < 1.29 is 9.53 Å². The van der Waals surface area contributed by atoms with Gasteiger partial charge >= 0.3 is 0 Å². The van der Waals surface area contributed by atoms with Gasteiger partial charge in [-0.15, -0.1) is 0 Å². The van der Waals surface area contributed by atoms with Crippen LogP contribution in [0.25, 0.3) is 0 Å². The summed E-state index contributed by atoms with van der Waals surface area (Å²) in [4.78, 5) is 12.2. The maximum Gasteiger partial charge on any atom is 0.227 e. The fourth-order valence-corrected chi connectivity index (χ4v) is 2.43. The Morgan fingerprint density at radius 1 is 1.42 bits per heavy atom. The molecule has 4 nitrogen and oxygen atoms in total. The molecule has 0 aromatic heterocycles. The van der Waals surface area contributed by atoms with Crippen molar-refractivity contribution in [3.8, 4) is 0 Å². The smallest absolute Gasteiger partial charge is 0.227 e. The summed E-state index contributed by atoms with van der Waals surface area (Å²) in [5.74, 6) is 0.129. The minimum absolute atomic E-state index is 0.129. The third-order valence-electron chi connectivity index (χ3n) is 3.77. The fraction of sp³-hybridized carbons (Fsp3) is 0.533. The van der Waals surface area contributed by atoms with E-state index in [0.717, 1.165) is 30.6 Å². The van der Waals surface area contributed by atoms with Crippen molar-refractivity contribution in [3.63, 3.8) is 0 Å². The maximum atomic E-state index is 12.2. The largest absolute Gasteiger partial charge is 0.380 e. The Morgan fingerprint density at radius 2 is 2.16 bits per heavy atom. The van der Waals surface area contributed by atoms with Crippen LogP contribution >= 0.6 is 0 Å². The van der Waals surface area contributed by atoms with Crippen LogP contribution in [0.3, 0.4) is 0 Å². The standard InChI is InChI=1S/C15H22N2O2/c1-15(7-8-16-11-15)14(18)17-9-12-5-3-4-6-13(12)10-19-2/h3-6,16H,7-11H2,1-2H3,(H,17,18). The molecule has 2 rings (SSSR count). The van der Waals surface area contributed by atoms with Crippen molar-refractivity contribution in [2.45, 2.75) is 26.5 Å². The first-order valence-corrected chi connectivity index (χ1v) is 6.70. The molecule has 1 aliphatic heterocycles. The van der Waals surface area contributed by atoms with Gasteiger partial charge in [0.2, 0.25) is 5.91 Å². The summed E-state index contributed by atoms with van der Waals surface area (Å²) in [6.07, 6.45) is 0.901. The number of hydrogen-bond acceptors (Lipinski definition) is 3. The van der Waals surface area contributed by atoms with E-state index in [1.807, 2.05) is 31.2 Å². The average molecular weight is 262 g/mol. The highest BCUT2D eigenvalue weighted by Crippen LogP contribution is 2.24. The number of ether oxygens (including phenoxy) is 1. The SMILES string of the molecule is COCc1ccccc1CNC(=O)C1(C)CCNC1. The van der Waals surface area contributed by atoms with Gasteiger partial charge in [-0.2, -0.15) is 0 Å². The van der Waals surface area contributed by atoms with Gasteiger partial charge in [0.1, 0.15) is 0 Å².